The van der Waals surface area contributed by atoms with Gasteiger partial charge in [0.25, 0.3) is 5.89 Å². The zero-order chi connectivity index (χ0) is 23.5. The molecular formula is C23H15Cl2FN4O3. The molecule has 0 unspecified atom stereocenters. The third kappa shape index (κ3) is 4.90. The van der Waals surface area contributed by atoms with Crippen LogP contribution in [0.25, 0.3) is 17.5 Å². The van der Waals surface area contributed by atoms with E-state index < -0.39 is 5.82 Å². The first-order valence-electron chi connectivity index (χ1n) is 9.63. The number of halogens is 3. The summed E-state index contributed by atoms with van der Waals surface area (Å²) >= 11 is 12.3. The van der Waals surface area contributed by atoms with Gasteiger partial charge in [0.1, 0.15) is 17.1 Å². The van der Waals surface area contributed by atoms with Crippen LogP contribution < -0.4 is 4.74 Å². The number of allylic oxidation sites excluding steroid dienone is 1. The smallest absolute Gasteiger partial charge is 0.253 e. The van der Waals surface area contributed by atoms with Crippen molar-refractivity contribution < 1.29 is 18.1 Å². The second-order valence-corrected chi connectivity index (χ2v) is 7.85. The summed E-state index contributed by atoms with van der Waals surface area (Å²) in [6.07, 6.45) is 2.87. The van der Waals surface area contributed by atoms with Crippen LogP contribution in [0.3, 0.4) is 0 Å². The van der Waals surface area contributed by atoms with Crippen molar-refractivity contribution in [1.29, 1.82) is 5.26 Å². The number of nitrogens with zero attached hydrogens (tertiary/aromatic N) is 4. The first-order chi connectivity index (χ1) is 15.9. The Morgan fingerprint density at radius 1 is 1.18 bits per heavy atom. The molecule has 0 atom stereocenters. The van der Waals surface area contributed by atoms with Gasteiger partial charge in [0, 0.05) is 16.7 Å². The maximum atomic E-state index is 15.3. The van der Waals surface area contributed by atoms with Crippen LogP contribution in [0.15, 0.2) is 45.3 Å². The predicted molar refractivity (Wildman–Crippen MR) is 120 cm³/mol. The normalized spacial score (nSPS) is 11.2. The summed E-state index contributed by atoms with van der Waals surface area (Å²) in [4.78, 5) is 0. The Bertz CT molecular complexity index is 1390. The molecule has 4 rings (SSSR count). The Labute approximate surface area is 198 Å². The zero-order valence-corrected chi connectivity index (χ0v) is 18.9. The SMILES string of the molecule is Cc1noc(C)c1-c1nnc(Cc2ccc(Cl)c(Oc3cc(Cl)cc(C=CC#N)c3)c2F)o1. The Morgan fingerprint density at radius 2 is 2.00 bits per heavy atom. The molecule has 2 aromatic heterocycles. The van der Waals surface area contributed by atoms with E-state index in [1.807, 2.05) is 6.07 Å². The molecule has 2 aromatic carbocycles. The number of nitriles is 1. The summed E-state index contributed by atoms with van der Waals surface area (Å²) in [5.74, 6) is 0.400. The molecule has 33 heavy (non-hydrogen) atoms. The van der Waals surface area contributed by atoms with Crippen LogP contribution in [0.4, 0.5) is 4.39 Å². The third-order valence-corrected chi connectivity index (χ3v) is 5.16. The molecule has 0 saturated heterocycles. The highest BCUT2D eigenvalue weighted by molar-refractivity contribution is 6.32. The maximum absolute atomic E-state index is 15.3. The van der Waals surface area contributed by atoms with E-state index in [0.717, 1.165) is 0 Å². The summed E-state index contributed by atoms with van der Waals surface area (Å²) in [6, 6.07) is 9.69. The van der Waals surface area contributed by atoms with Crippen LogP contribution in [-0.4, -0.2) is 15.4 Å². The van der Waals surface area contributed by atoms with E-state index in [-0.39, 0.29) is 40.3 Å². The molecule has 0 N–H and O–H groups in total. The largest absolute Gasteiger partial charge is 0.453 e. The van der Waals surface area contributed by atoms with Gasteiger partial charge in [-0.15, -0.1) is 10.2 Å². The van der Waals surface area contributed by atoms with Gasteiger partial charge >= 0.3 is 0 Å². The molecule has 0 aliphatic heterocycles. The van der Waals surface area contributed by atoms with E-state index in [1.54, 1.807) is 32.1 Å². The first-order valence-corrected chi connectivity index (χ1v) is 10.4. The number of aromatic nitrogens is 3. The molecule has 0 aliphatic rings. The first kappa shape index (κ1) is 22.5. The average molecular weight is 485 g/mol. The number of rotatable bonds is 6. The average Bonchev–Trinajstić information content (AvgIpc) is 3.36. The summed E-state index contributed by atoms with van der Waals surface area (Å²) in [6.45, 7) is 3.49. The Hall–Kier alpha value is -3.67. The molecule has 0 radical (unpaired) electrons. The van der Waals surface area contributed by atoms with Gasteiger partial charge < -0.3 is 13.7 Å². The van der Waals surface area contributed by atoms with Crippen molar-refractivity contribution in [1.82, 2.24) is 15.4 Å². The standard InChI is InChI=1S/C23H15Cl2FN4O3/c1-12-20(13(2)33-30-12)23-29-28-19(32-23)10-15-5-6-18(25)22(21(15)26)31-17-9-14(4-3-7-27)8-16(24)11-17/h3-6,8-9,11H,10H2,1-2H3. The van der Waals surface area contributed by atoms with Gasteiger partial charge in [-0.25, -0.2) is 4.39 Å². The molecule has 10 heteroatoms. The molecule has 0 aliphatic carbocycles. The van der Waals surface area contributed by atoms with E-state index in [4.69, 9.17) is 42.1 Å². The molecule has 2 heterocycles. The number of hydrogen-bond donors (Lipinski definition) is 0. The lowest BCUT2D eigenvalue weighted by Crippen LogP contribution is -1.98. The number of hydrogen-bond acceptors (Lipinski definition) is 7. The van der Waals surface area contributed by atoms with Gasteiger partial charge in [-0.1, -0.05) is 34.4 Å². The fourth-order valence-corrected chi connectivity index (χ4v) is 3.59. The minimum atomic E-state index is -0.673. The summed E-state index contributed by atoms with van der Waals surface area (Å²) in [7, 11) is 0. The van der Waals surface area contributed by atoms with Gasteiger partial charge in [0.2, 0.25) is 5.89 Å². The van der Waals surface area contributed by atoms with Crippen molar-refractivity contribution in [3.05, 3.63) is 80.7 Å². The summed E-state index contributed by atoms with van der Waals surface area (Å²) in [5.41, 5.74) is 2.08. The van der Waals surface area contributed by atoms with Gasteiger partial charge in [-0.3, -0.25) is 0 Å². The second kappa shape index (κ2) is 9.45. The third-order valence-electron chi connectivity index (χ3n) is 4.65. The maximum Gasteiger partial charge on any atom is 0.253 e. The van der Waals surface area contributed by atoms with E-state index in [0.29, 0.717) is 27.6 Å². The monoisotopic (exact) mass is 484 g/mol. The van der Waals surface area contributed by atoms with Gasteiger partial charge in [0.05, 0.1) is 23.2 Å². The molecule has 0 saturated carbocycles. The van der Waals surface area contributed by atoms with Crippen molar-refractivity contribution in [2.75, 3.05) is 0 Å². The molecule has 4 aromatic rings. The number of aryl methyl sites for hydroxylation is 2. The fraction of sp³-hybridized carbons (Fsp3) is 0.130. The number of ether oxygens (including phenoxy) is 1. The van der Waals surface area contributed by atoms with Crippen LogP contribution in [0.5, 0.6) is 11.5 Å². The molecule has 0 bridgehead atoms. The van der Waals surface area contributed by atoms with Crippen molar-refractivity contribution in [2.24, 2.45) is 0 Å². The quantitative estimate of drug-likeness (QED) is 0.280. The van der Waals surface area contributed by atoms with E-state index in [1.165, 1.54) is 24.3 Å². The van der Waals surface area contributed by atoms with E-state index >= 15 is 4.39 Å². The molecule has 0 spiro atoms. The molecular weight excluding hydrogens is 470 g/mol. The molecule has 166 valence electrons. The molecule has 7 nitrogen and oxygen atoms in total. The second-order valence-electron chi connectivity index (χ2n) is 7.01. The van der Waals surface area contributed by atoms with Gasteiger partial charge in [0.15, 0.2) is 11.6 Å². The number of benzene rings is 2. The lowest BCUT2D eigenvalue weighted by molar-refractivity contribution is 0.393. The Balaban J connectivity index is 1.62. The predicted octanol–water partition coefficient (Wildman–Crippen LogP) is 6.71. The highest BCUT2D eigenvalue weighted by Crippen LogP contribution is 2.36. The lowest BCUT2D eigenvalue weighted by Gasteiger charge is -2.12. The van der Waals surface area contributed by atoms with Crippen LogP contribution >= 0.6 is 23.2 Å². The topological polar surface area (TPSA) is 98.0 Å². The van der Waals surface area contributed by atoms with Crippen molar-refractivity contribution in [3.63, 3.8) is 0 Å². The van der Waals surface area contributed by atoms with Gasteiger partial charge in [-0.05, 0) is 49.8 Å². The molecule has 0 amide bonds. The summed E-state index contributed by atoms with van der Waals surface area (Å²) in [5, 5.41) is 21.0. The van der Waals surface area contributed by atoms with Crippen LogP contribution in [0, 0.1) is 31.0 Å². The highest BCUT2D eigenvalue weighted by atomic mass is 35.5. The van der Waals surface area contributed by atoms with E-state index in [2.05, 4.69) is 15.4 Å². The lowest BCUT2D eigenvalue weighted by atomic mass is 10.1. The van der Waals surface area contributed by atoms with Crippen molar-refractivity contribution in [2.45, 2.75) is 20.3 Å². The molecule has 0 fully saturated rings. The van der Waals surface area contributed by atoms with Crippen molar-refractivity contribution in [3.8, 4) is 29.0 Å². The van der Waals surface area contributed by atoms with E-state index in [9.17, 15) is 0 Å². The Kier molecular flexibility index (Phi) is 6.45. The fourth-order valence-electron chi connectivity index (χ4n) is 3.17. The zero-order valence-electron chi connectivity index (χ0n) is 17.4. The van der Waals surface area contributed by atoms with Crippen molar-refractivity contribution >= 4 is 29.3 Å². The van der Waals surface area contributed by atoms with Crippen LogP contribution in [-0.2, 0) is 6.42 Å². The summed E-state index contributed by atoms with van der Waals surface area (Å²) < 4.78 is 31.8. The Morgan fingerprint density at radius 3 is 2.73 bits per heavy atom. The highest BCUT2D eigenvalue weighted by Gasteiger charge is 2.21. The minimum absolute atomic E-state index is 0.0153. The van der Waals surface area contributed by atoms with Gasteiger partial charge in [-0.2, -0.15) is 5.26 Å². The van der Waals surface area contributed by atoms with Crippen LogP contribution in [0.1, 0.15) is 28.5 Å². The van der Waals surface area contributed by atoms with Crippen LogP contribution in [0.2, 0.25) is 10.0 Å². The minimum Gasteiger partial charge on any atom is -0.453 e.